The van der Waals surface area contributed by atoms with E-state index in [9.17, 15) is 4.79 Å². The fourth-order valence-corrected chi connectivity index (χ4v) is 2.43. The highest BCUT2D eigenvalue weighted by Gasteiger charge is 2.30. The molecule has 0 saturated carbocycles. The molecule has 94 valence electrons. The van der Waals surface area contributed by atoms with Gasteiger partial charge >= 0.3 is 0 Å². The first-order chi connectivity index (χ1) is 8.09. The van der Waals surface area contributed by atoms with Crippen LogP contribution >= 0.6 is 0 Å². The quantitative estimate of drug-likeness (QED) is 0.824. The van der Waals surface area contributed by atoms with Gasteiger partial charge in [0.2, 0.25) is 0 Å². The molecule has 5 nitrogen and oxygen atoms in total. The number of amides is 1. The number of piperidine rings is 1. The summed E-state index contributed by atoms with van der Waals surface area (Å²) in [5, 5.41) is 4.16. The van der Waals surface area contributed by atoms with Gasteiger partial charge in [0.1, 0.15) is 5.69 Å². The minimum absolute atomic E-state index is 0.00704. The van der Waals surface area contributed by atoms with Gasteiger partial charge in [0.25, 0.3) is 5.91 Å². The second kappa shape index (κ2) is 4.87. The Bertz CT molecular complexity index is 399. The van der Waals surface area contributed by atoms with Gasteiger partial charge in [-0.3, -0.25) is 9.48 Å². The van der Waals surface area contributed by atoms with Crippen LogP contribution in [0, 0.1) is 0 Å². The number of nitrogens with zero attached hydrogens (tertiary/aromatic N) is 3. The van der Waals surface area contributed by atoms with Crippen LogP contribution < -0.4 is 5.73 Å². The number of hydrogen-bond donors (Lipinski definition) is 1. The lowest BCUT2D eigenvalue weighted by Crippen LogP contribution is -2.51. The van der Waals surface area contributed by atoms with Gasteiger partial charge in [0.05, 0.1) is 0 Å². The van der Waals surface area contributed by atoms with E-state index < -0.39 is 0 Å². The maximum absolute atomic E-state index is 12.3. The van der Waals surface area contributed by atoms with E-state index in [0.717, 1.165) is 25.8 Å². The molecule has 1 aliphatic heterocycles. The topological polar surface area (TPSA) is 64.2 Å². The molecule has 0 aromatic carbocycles. The second-order valence-corrected chi connectivity index (χ2v) is 4.80. The molecule has 2 heterocycles. The lowest BCUT2D eigenvalue weighted by Gasteiger charge is -2.37. The Kier molecular flexibility index (Phi) is 3.47. The summed E-state index contributed by atoms with van der Waals surface area (Å²) in [4.78, 5) is 14.2. The normalized spacial score (nSPS) is 22.5. The Morgan fingerprint density at radius 3 is 2.94 bits per heavy atom. The molecule has 2 unspecified atom stereocenters. The van der Waals surface area contributed by atoms with Crippen LogP contribution in [0.15, 0.2) is 12.3 Å². The average Bonchev–Trinajstić information content (AvgIpc) is 2.75. The Hall–Kier alpha value is -1.36. The molecule has 1 fully saturated rings. The zero-order chi connectivity index (χ0) is 12.4. The Labute approximate surface area is 102 Å². The van der Waals surface area contributed by atoms with Gasteiger partial charge in [-0.05, 0) is 32.3 Å². The van der Waals surface area contributed by atoms with Crippen molar-refractivity contribution in [2.24, 2.45) is 12.8 Å². The first kappa shape index (κ1) is 12.1. The summed E-state index contributed by atoms with van der Waals surface area (Å²) in [5.41, 5.74) is 6.47. The van der Waals surface area contributed by atoms with E-state index in [1.165, 1.54) is 0 Å². The molecule has 5 heteroatoms. The van der Waals surface area contributed by atoms with Gasteiger partial charge in [-0.25, -0.2) is 0 Å². The first-order valence-corrected chi connectivity index (χ1v) is 6.16. The third kappa shape index (κ3) is 2.49. The molecule has 2 N–H and O–H groups in total. The van der Waals surface area contributed by atoms with Crippen LogP contribution in [0.25, 0.3) is 0 Å². The van der Waals surface area contributed by atoms with Crippen LogP contribution in [0.1, 0.15) is 36.7 Å². The zero-order valence-corrected chi connectivity index (χ0v) is 10.5. The predicted molar refractivity (Wildman–Crippen MR) is 65.5 cm³/mol. The van der Waals surface area contributed by atoms with Crippen LogP contribution in [0.2, 0.25) is 0 Å². The van der Waals surface area contributed by atoms with Crippen LogP contribution in [-0.4, -0.2) is 39.2 Å². The molecule has 0 radical (unpaired) electrons. The molecule has 0 spiro atoms. The monoisotopic (exact) mass is 236 g/mol. The number of carbonyl (C=O) groups excluding carboxylic acids is 1. The van der Waals surface area contributed by atoms with Crippen molar-refractivity contribution in [2.75, 3.05) is 6.54 Å². The molecule has 2 atom stereocenters. The van der Waals surface area contributed by atoms with Crippen molar-refractivity contribution in [2.45, 2.75) is 38.3 Å². The van der Waals surface area contributed by atoms with E-state index in [1.54, 1.807) is 16.9 Å². The summed E-state index contributed by atoms with van der Waals surface area (Å²) in [5.74, 6) is 0.00704. The molecule has 1 aromatic heterocycles. The van der Waals surface area contributed by atoms with E-state index in [1.807, 2.05) is 18.9 Å². The van der Waals surface area contributed by atoms with E-state index in [4.69, 9.17) is 5.73 Å². The Morgan fingerprint density at radius 2 is 2.35 bits per heavy atom. The number of aromatic nitrogens is 2. The van der Waals surface area contributed by atoms with E-state index >= 15 is 0 Å². The van der Waals surface area contributed by atoms with Crippen LogP contribution in [-0.2, 0) is 7.05 Å². The van der Waals surface area contributed by atoms with E-state index in [2.05, 4.69) is 5.10 Å². The van der Waals surface area contributed by atoms with Crippen molar-refractivity contribution in [3.8, 4) is 0 Å². The molecule has 0 aliphatic carbocycles. The van der Waals surface area contributed by atoms with Gasteiger partial charge < -0.3 is 10.6 Å². The SMILES string of the molecule is CC(N)C1CCCCN1C(=O)c1ccn(C)n1. The third-order valence-corrected chi connectivity index (χ3v) is 3.35. The molecule has 0 bridgehead atoms. The first-order valence-electron chi connectivity index (χ1n) is 6.16. The molecule has 1 aromatic rings. The highest BCUT2D eigenvalue weighted by Crippen LogP contribution is 2.20. The van der Waals surface area contributed by atoms with Crippen molar-refractivity contribution in [1.82, 2.24) is 14.7 Å². The number of hydrogen-bond acceptors (Lipinski definition) is 3. The summed E-state index contributed by atoms with van der Waals surface area (Å²) >= 11 is 0. The van der Waals surface area contributed by atoms with Gasteiger partial charge in [-0.1, -0.05) is 0 Å². The summed E-state index contributed by atoms with van der Waals surface area (Å²) in [7, 11) is 1.82. The number of rotatable bonds is 2. The fourth-order valence-electron chi connectivity index (χ4n) is 2.43. The largest absolute Gasteiger partial charge is 0.333 e. The van der Waals surface area contributed by atoms with Gasteiger partial charge in [-0.15, -0.1) is 0 Å². The van der Waals surface area contributed by atoms with E-state index in [-0.39, 0.29) is 18.0 Å². The molecule has 17 heavy (non-hydrogen) atoms. The van der Waals surface area contributed by atoms with Gasteiger partial charge in [0.15, 0.2) is 0 Å². The predicted octanol–water partition coefficient (Wildman–Crippen LogP) is 0.762. The number of carbonyl (C=O) groups is 1. The minimum atomic E-state index is 0.00704. The van der Waals surface area contributed by atoms with Gasteiger partial charge in [0, 0.05) is 31.9 Å². The standard InChI is InChI=1S/C12H20N4O/c1-9(13)11-5-3-4-7-16(11)12(17)10-6-8-15(2)14-10/h6,8-9,11H,3-5,7,13H2,1-2H3. The number of aryl methyl sites for hydroxylation is 1. The van der Waals surface area contributed by atoms with Crippen LogP contribution in [0.5, 0.6) is 0 Å². The number of nitrogens with two attached hydrogens (primary N) is 1. The lowest BCUT2D eigenvalue weighted by molar-refractivity contribution is 0.0577. The average molecular weight is 236 g/mol. The highest BCUT2D eigenvalue weighted by atomic mass is 16.2. The molecular formula is C12H20N4O. The maximum atomic E-state index is 12.3. The fraction of sp³-hybridized carbons (Fsp3) is 0.667. The molecule has 1 amide bonds. The van der Waals surface area contributed by atoms with Crippen molar-refractivity contribution in [3.05, 3.63) is 18.0 Å². The minimum Gasteiger partial charge on any atom is -0.333 e. The molecule has 1 aliphatic rings. The molecular weight excluding hydrogens is 216 g/mol. The smallest absolute Gasteiger partial charge is 0.274 e. The van der Waals surface area contributed by atoms with Crippen LogP contribution in [0.4, 0.5) is 0 Å². The second-order valence-electron chi connectivity index (χ2n) is 4.80. The van der Waals surface area contributed by atoms with Crippen LogP contribution in [0.3, 0.4) is 0 Å². The summed E-state index contributed by atoms with van der Waals surface area (Å²) in [6.45, 7) is 2.76. The molecule has 1 saturated heterocycles. The van der Waals surface area contributed by atoms with Gasteiger partial charge in [-0.2, -0.15) is 5.10 Å². The summed E-state index contributed by atoms with van der Waals surface area (Å²) < 4.78 is 1.65. The zero-order valence-electron chi connectivity index (χ0n) is 10.5. The summed E-state index contributed by atoms with van der Waals surface area (Å²) in [6, 6.07) is 1.93. The third-order valence-electron chi connectivity index (χ3n) is 3.35. The van der Waals surface area contributed by atoms with Crippen molar-refractivity contribution in [3.63, 3.8) is 0 Å². The lowest BCUT2D eigenvalue weighted by atomic mass is 9.96. The Morgan fingerprint density at radius 1 is 1.59 bits per heavy atom. The molecule has 2 rings (SSSR count). The van der Waals surface area contributed by atoms with E-state index in [0.29, 0.717) is 5.69 Å². The van der Waals surface area contributed by atoms with Crippen molar-refractivity contribution in [1.29, 1.82) is 0 Å². The van der Waals surface area contributed by atoms with Crippen molar-refractivity contribution >= 4 is 5.91 Å². The maximum Gasteiger partial charge on any atom is 0.274 e. The summed E-state index contributed by atoms with van der Waals surface area (Å²) in [6.07, 6.45) is 4.99. The number of likely N-dealkylation sites (tertiary alicyclic amines) is 1. The highest BCUT2D eigenvalue weighted by molar-refractivity contribution is 5.92. The Balaban J connectivity index is 2.16. The van der Waals surface area contributed by atoms with Crippen molar-refractivity contribution < 1.29 is 4.79 Å².